The van der Waals surface area contributed by atoms with Crippen molar-refractivity contribution in [3.05, 3.63) is 39.0 Å². The number of nitrogen functional groups attached to an aromatic ring is 1. The number of hydrogen-bond donors (Lipinski definition) is 1. The van der Waals surface area contributed by atoms with E-state index in [0.717, 1.165) is 27.7 Å². The number of aromatic nitrogens is 2. The van der Waals surface area contributed by atoms with Crippen molar-refractivity contribution in [1.29, 1.82) is 0 Å². The van der Waals surface area contributed by atoms with Crippen LogP contribution in [-0.4, -0.2) is 9.97 Å². The highest BCUT2D eigenvalue weighted by Gasteiger charge is 2.11. The van der Waals surface area contributed by atoms with E-state index in [1.807, 2.05) is 32.0 Å². The molecule has 0 atom stereocenters. The molecule has 3 nitrogen and oxygen atoms in total. The highest BCUT2D eigenvalue weighted by atomic mass is 79.9. The molecule has 0 amide bonds. The first kappa shape index (κ1) is 13.3. The van der Waals surface area contributed by atoms with Crippen LogP contribution >= 0.6 is 27.5 Å². The normalized spacial score (nSPS) is 10.7. The van der Waals surface area contributed by atoms with Gasteiger partial charge in [-0.1, -0.05) is 18.5 Å². The predicted octanol–water partition coefficient (Wildman–Crippen LogP) is 4.01. The molecule has 0 aliphatic heterocycles. The van der Waals surface area contributed by atoms with Gasteiger partial charge in [0.2, 0.25) is 0 Å². The lowest BCUT2D eigenvalue weighted by Crippen LogP contribution is -2.04. The van der Waals surface area contributed by atoms with Crippen molar-refractivity contribution in [2.75, 3.05) is 5.73 Å². The average molecular weight is 327 g/mol. The molecule has 0 saturated heterocycles. The molecule has 0 aliphatic carbocycles. The van der Waals surface area contributed by atoms with E-state index in [2.05, 4.69) is 25.9 Å². The van der Waals surface area contributed by atoms with Crippen LogP contribution in [0.5, 0.6) is 0 Å². The third kappa shape index (κ3) is 2.49. The third-order valence-corrected chi connectivity index (χ3v) is 3.66. The quantitative estimate of drug-likeness (QED) is 0.907. The Hall–Kier alpha value is -1.13. The number of anilines is 1. The molecule has 5 heteroatoms. The number of nitrogens with zero attached hydrogens (tertiary/aromatic N) is 2. The monoisotopic (exact) mass is 325 g/mol. The number of nitrogens with two attached hydrogens (primary N) is 1. The second kappa shape index (κ2) is 5.24. The summed E-state index contributed by atoms with van der Waals surface area (Å²) in [5.74, 6) is 1.16. The van der Waals surface area contributed by atoms with E-state index >= 15 is 0 Å². The molecule has 0 radical (unpaired) electrons. The zero-order chi connectivity index (χ0) is 13.3. The summed E-state index contributed by atoms with van der Waals surface area (Å²) < 4.78 is 0.859. The van der Waals surface area contributed by atoms with Gasteiger partial charge in [-0.25, -0.2) is 9.97 Å². The van der Waals surface area contributed by atoms with Gasteiger partial charge in [-0.15, -0.1) is 0 Å². The minimum absolute atomic E-state index is 0.543. The molecule has 1 aromatic heterocycles. The lowest BCUT2D eigenvalue weighted by Gasteiger charge is -2.10. The molecule has 1 heterocycles. The predicted molar refractivity (Wildman–Crippen MR) is 78.7 cm³/mol. The minimum Gasteiger partial charge on any atom is -0.383 e. The van der Waals surface area contributed by atoms with E-state index in [-0.39, 0.29) is 0 Å². The van der Waals surface area contributed by atoms with E-state index in [4.69, 9.17) is 17.3 Å². The Morgan fingerprint density at radius 2 is 2.06 bits per heavy atom. The second-order valence-corrected chi connectivity index (χ2v) is 5.26. The maximum absolute atomic E-state index is 5.96. The Balaban J connectivity index is 2.58. The molecule has 0 aliphatic rings. The van der Waals surface area contributed by atoms with Crippen LogP contribution in [0.3, 0.4) is 0 Å². The Labute approximate surface area is 120 Å². The number of halogens is 2. The topological polar surface area (TPSA) is 51.8 Å². The lowest BCUT2D eigenvalue weighted by molar-refractivity contribution is 1.01. The summed E-state index contributed by atoms with van der Waals surface area (Å²) in [6.45, 7) is 3.99. The highest BCUT2D eigenvalue weighted by molar-refractivity contribution is 9.10. The molecule has 0 bridgehead atoms. The van der Waals surface area contributed by atoms with Crippen molar-refractivity contribution >= 4 is 33.3 Å². The van der Waals surface area contributed by atoms with Crippen LogP contribution in [0.25, 0.3) is 11.4 Å². The van der Waals surface area contributed by atoms with Crippen molar-refractivity contribution in [2.45, 2.75) is 20.3 Å². The first-order valence-corrected chi connectivity index (χ1v) is 6.78. The fourth-order valence-electron chi connectivity index (χ4n) is 1.85. The smallest absolute Gasteiger partial charge is 0.162 e. The van der Waals surface area contributed by atoms with Crippen molar-refractivity contribution in [2.24, 2.45) is 0 Å². The molecular weight excluding hydrogens is 314 g/mol. The molecule has 2 rings (SSSR count). The van der Waals surface area contributed by atoms with Crippen molar-refractivity contribution < 1.29 is 0 Å². The van der Waals surface area contributed by atoms with Crippen LogP contribution in [0.4, 0.5) is 5.82 Å². The van der Waals surface area contributed by atoms with Crippen LogP contribution in [0.2, 0.25) is 5.02 Å². The molecular formula is C13H13BrClN3. The molecule has 0 spiro atoms. The van der Waals surface area contributed by atoms with Gasteiger partial charge in [-0.05, 0) is 47.5 Å². The van der Waals surface area contributed by atoms with E-state index in [1.165, 1.54) is 0 Å². The van der Waals surface area contributed by atoms with Gasteiger partial charge in [0.05, 0.1) is 0 Å². The van der Waals surface area contributed by atoms with E-state index in [1.54, 1.807) is 0 Å². The molecule has 0 saturated carbocycles. The Morgan fingerprint density at radius 3 is 2.61 bits per heavy atom. The zero-order valence-electron chi connectivity index (χ0n) is 10.2. The fourth-order valence-corrected chi connectivity index (χ4v) is 2.71. The SMILES string of the molecule is CCc1c(C)nc(-c2ccc(Cl)cc2Br)nc1N. The van der Waals surface area contributed by atoms with Crippen LogP contribution < -0.4 is 5.73 Å². The summed E-state index contributed by atoms with van der Waals surface area (Å²) in [4.78, 5) is 8.86. The number of benzene rings is 1. The summed E-state index contributed by atoms with van der Waals surface area (Å²) in [5, 5.41) is 0.667. The first-order valence-electron chi connectivity index (χ1n) is 5.61. The summed E-state index contributed by atoms with van der Waals surface area (Å²) in [6, 6.07) is 5.51. The van der Waals surface area contributed by atoms with Gasteiger partial charge in [-0.2, -0.15) is 0 Å². The first-order chi connectivity index (χ1) is 8.52. The van der Waals surface area contributed by atoms with Gasteiger partial charge < -0.3 is 5.73 Å². The molecule has 0 unspecified atom stereocenters. The standard InChI is InChI=1S/C13H13BrClN3/c1-3-9-7(2)17-13(18-12(9)16)10-5-4-8(15)6-11(10)14/h4-6H,3H2,1-2H3,(H2,16,17,18). The largest absolute Gasteiger partial charge is 0.383 e. The maximum atomic E-state index is 5.96. The molecule has 18 heavy (non-hydrogen) atoms. The third-order valence-electron chi connectivity index (χ3n) is 2.77. The molecule has 2 N–H and O–H groups in total. The highest BCUT2D eigenvalue weighted by Crippen LogP contribution is 2.29. The zero-order valence-corrected chi connectivity index (χ0v) is 12.5. The van der Waals surface area contributed by atoms with Crippen molar-refractivity contribution in [1.82, 2.24) is 9.97 Å². The average Bonchev–Trinajstić information content (AvgIpc) is 2.28. The minimum atomic E-state index is 0.543. The maximum Gasteiger partial charge on any atom is 0.162 e. The summed E-state index contributed by atoms with van der Waals surface area (Å²) in [7, 11) is 0. The lowest BCUT2D eigenvalue weighted by atomic mass is 10.1. The number of hydrogen-bond acceptors (Lipinski definition) is 3. The van der Waals surface area contributed by atoms with E-state index in [0.29, 0.717) is 16.7 Å². The summed E-state index contributed by atoms with van der Waals surface area (Å²) in [6.07, 6.45) is 0.833. The van der Waals surface area contributed by atoms with Gasteiger partial charge in [0, 0.05) is 26.3 Å². The van der Waals surface area contributed by atoms with Crippen LogP contribution in [0.1, 0.15) is 18.2 Å². The second-order valence-electron chi connectivity index (χ2n) is 3.97. The van der Waals surface area contributed by atoms with Crippen molar-refractivity contribution in [3.63, 3.8) is 0 Å². The fraction of sp³-hybridized carbons (Fsp3) is 0.231. The van der Waals surface area contributed by atoms with Gasteiger partial charge in [0.25, 0.3) is 0 Å². The summed E-state index contributed by atoms with van der Waals surface area (Å²) >= 11 is 9.38. The number of aryl methyl sites for hydroxylation is 1. The summed E-state index contributed by atoms with van der Waals surface area (Å²) in [5.41, 5.74) is 8.77. The van der Waals surface area contributed by atoms with Crippen LogP contribution in [-0.2, 0) is 6.42 Å². The number of rotatable bonds is 2. The van der Waals surface area contributed by atoms with Gasteiger partial charge in [0.15, 0.2) is 5.82 Å². The van der Waals surface area contributed by atoms with Gasteiger partial charge in [-0.3, -0.25) is 0 Å². The Kier molecular flexibility index (Phi) is 3.88. The van der Waals surface area contributed by atoms with E-state index < -0.39 is 0 Å². The Bertz CT molecular complexity index is 576. The van der Waals surface area contributed by atoms with Gasteiger partial charge >= 0.3 is 0 Å². The molecule has 1 aromatic carbocycles. The van der Waals surface area contributed by atoms with Crippen LogP contribution in [0, 0.1) is 6.92 Å². The van der Waals surface area contributed by atoms with E-state index in [9.17, 15) is 0 Å². The van der Waals surface area contributed by atoms with Crippen LogP contribution in [0.15, 0.2) is 22.7 Å². The molecule has 0 fully saturated rings. The molecule has 2 aromatic rings. The Morgan fingerprint density at radius 1 is 1.33 bits per heavy atom. The molecule has 94 valence electrons. The van der Waals surface area contributed by atoms with Crippen molar-refractivity contribution in [3.8, 4) is 11.4 Å². The van der Waals surface area contributed by atoms with Gasteiger partial charge in [0.1, 0.15) is 5.82 Å².